The molecule has 1 N–H and O–H groups in total. The van der Waals surface area contributed by atoms with Gasteiger partial charge in [-0.2, -0.15) is 10.4 Å². The Morgan fingerprint density at radius 3 is 3.04 bits per heavy atom. The van der Waals surface area contributed by atoms with Gasteiger partial charge in [-0.1, -0.05) is 17.7 Å². The highest BCUT2D eigenvalue weighted by molar-refractivity contribution is 6.30. The summed E-state index contributed by atoms with van der Waals surface area (Å²) in [6.45, 7) is 2.76. The van der Waals surface area contributed by atoms with Gasteiger partial charge in [0.2, 0.25) is 0 Å². The summed E-state index contributed by atoms with van der Waals surface area (Å²) in [6, 6.07) is 7.83. The maximum absolute atomic E-state index is 9.08. The van der Waals surface area contributed by atoms with Crippen molar-refractivity contribution in [2.45, 2.75) is 19.4 Å². The van der Waals surface area contributed by atoms with E-state index >= 15 is 0 Å². The molecule has 0 saturated carbocycles. The Hall–Kier alpha value is -3.44. The first-order chi connectivity index (χ1) is 13.7. The van der Waals surface area contributed by atoms with Gasteiger partial charge in [0, 0.05) is 24.9 Å². The SMILES string of the molecule is Cc1cccn2nc([C@H]3c4nc[nH]c4CCN3c3cnc(C#N)c(Cl)n3)cc12. The third kappa shape index (κ3) is 2.52. The predicted octanol–water partition coefficient (Wildman–Crippen LogP) is 2.83. The number of aromatic amines is 1. The molecule has 1 aliphatic rings. The molecule has 0 unspecified atom stereocenters. The number of rotatable bonds is 2. The first kappa shape index (κ1) is 16.7. The van der Waals surface area contributed by atoms with Crippen molar-refractivity contribution in [3.05, 3.63) is 70.4 Å². The highest BCUT2D eigenvalue weighted by atomic mass is 35.5. The van der Waals surface area contributed by atoms with E-state index < -0.39 is 0 Å². The summed E-state index contributed by atoms with van der Waals surface area (Å²) < 4.78 is 1.88. The number of nitrogens with one attached hydrogen (secondary N) is 1. The van der Waals surface area contributed by atoms with Crippen LogP contribution in [-0.4, -0.2) is 36.1 Å². The summed E-state index contributed by atoms with van der Waals surface area (Å²) in [4.78, 5) is 18.4. The molecule has 0 spiro atoms. The van der Waals surface area contributed by atoms with Gasteiger partial charge < -0.3 is 9.88 Å². The third-order valence-corrected chi connectivity index (χ3v) is 5.32. The van der Waals surface area contributed by atoms with Crippen LogP contribution in [0, 0.1) is 18.3 Å². The van der Waals surface area contributed by atoms with E-state index in [0.29, 0.717) is 12.4 Å². The molecule has 0 saturated heterocycles. The number of nitriles is 1. The number of anilines is 1. The summed E-state index contributed by atoms with van der Waals surface area (Å²) in [5, 5.41) is 14.0. The molecule has 28 heavy (non-hydrogen) atoms. The molecule has 1 atom stereocenters. The lowest BCUT2D eigenvalue weighted by Gasteiger charge is -2.34. The van der Waals surface area contributed by atoms with Crippen LogP contribution in [-0.2, 0) is 6.42 Å². The Kier molecular flexibility index (Phi) is 3.77. The fourth-order valence-corrected chi connectivity index (χ4v) is 3.88. The first-order valence-corrected chi connectivity index (χ1v) is 9.20. The summed E-state index contributed by atoms with van der Waals surface area (Å²) in [6.07, 6.45) is 6.01. The molecule has 9 heteroatoms. The molecule has 0 aliphatic carbocycles. The summed E-state index contributed by atoms with van der Waals surface area (Å²) >= 11 is 6.14. The molecule has 4 aromatic heterocycles. The molecule has 8 nitrogen and oxygen atoms in total. The molecular formula is C19H15ClN8. The quantitative estimate of drug-likeness (QED) is 0.565. The molecule has 0 amide bonds. The van der Waals surface area contributed by atoms with Crippen LogP contribution in [0.5, 0.6) is 0 Å². The average Bonchev–Trinajstić information content (AvgIpc) is 3.34. The number of fused-ring (bicyclic) bond motifs is 2. The van der Waals surface area contributed by atoms with Gasteiger partial charge in [0.05, 0.1) is 29.4 Å². The second-order valence-corrected chi connectivity index (χ2v) is 7.04. The van der Waals surface area contributed by atoms with E-state index in [0.717, 1.165) is 34.6 Å². The van der Waals surface area contributed by atoms with Crippen LogP contribution in [0.25, 0.3) is 5.52 Å². The van der Waals surface area contributed by atoms with Crippen LogP contribution >= 0.6 is 11.6 Å². The number of imidazole rings is 1. The smallest absolute Gasteiger partial charge is 0.178 e. The van der Waals surface area contributed by atoms with E-state index in [1.807, 2.05) is 22.8 Å². The molecule has 4 aromatic rings. The van der Waals surface area contributed by atoms with Crippen LogP contribution in [0.2, 0.25) is 5.15 Å². The van der Waals surface area contributed by atoms with Gasteiger partial charge in [-0.3, -0.25) is 0 Å². The Balaban J connectivity index is 1.67. The topological polar surface area (TPSA) is 98.8 Å². The van der Waals surface area contributed by atoms with Crippen LogP contribution in [0.15, 0.2) is 36.9 Å². The number of hydrogen-bond donors (Lipinski definition) is 1. The lowest BCUT2D eigenvalue weighted by Crippen LogP contribution is -2.37. The number of aromatic nitrogens is 6. The molecule has 5 heterocycles. The molecule has 138 valence electrons. The number of nitrogens with zero attached hydrogens (tertiary/aromatic N) is 7. The maximum Gasteiger partial charge on any atom is 0.178 e. The summed E-state index contributed by atoms with van der Waals surface area (Å²) in [5.74, 6) is 0.594. The molecule has 5 rings (SSSR count). The van der Waals surface area contributed by atoms with Crippen molar-refractivity contribution in [1.29, 1.82) is 5.26 Å². The molecule has 0 fully saturated rings. The first-order valence-electron chi connectivity index (χ1n) is 8.82. The van der Waals surface area contributed by atoms with E-state index in [1.54, 1.807) is 12.5 Å². The maximum atomic E-state index is 9.08. The van der Waals surface area contributed by atoms with Gasteiger partial charge in [0.25, 0.3) is 0 Å². The average molecular weight is 391 g/mol. The van der Waals surface area contributed by atoms with Crippen molar-refractivity contribution in [2.24, 2.45) is 0 Å². The fraction of sp³-hybridized carbons (Fsp3) is 0.211. The van der Waals surface area contributed by atoms with Crippen LogP contribution in [0.3, 0.4) is 0 Å². The fourth-order valence-electron chi connectivity index (χ4n) is 3.70. The van der Waals surface area contributed by atoms with Gasteiger partial charge in [0.15, 0.2) is 10.8 Å². The minimum atomic E-state index is -0.229. The number of H-pyrrole nitrogens is 1. The molecule has 1 aliphatic heterocycles. The van der Waals surface area contributed by atoms with E-state index in [2.05, 4.69) is 43.9 Å². The lowest BCUT2D eigenvalue weighted by atomic mass is 9.99. The van der Waals surface area contributed by atoms with Crippen molar-refractivity contribution < 1.29 is 0 Å². The molecular weight excluding hydrogens is 376 g/mol. The number of hydrogen-bond acceptors (Lipinski definition) is 6. The van der Waals surface area contributed by atoms with E-state index in [1.165, 1.54) is 0 Å². The lowest BCUT2D eigenvalue weighted by molar-refractivity contribution is 0.609. The molecule has 0 aromatic carbocycles. The third-order valence-electron chi connectivity index (χ3n) is 5.05. The van der Waals surface area contributed by atoms with Crippen molar-refractivity contribution in [1.82, 2.24) is 29.5 Å². The van der Waals surface area contributed by atoms with Crippen molar-refractivity contribution >= 4 is 22.9 Å². The van der Waals surface area contributed by atoms with Gasteiger partial charge in [0.1, 0.15) is 17.9 Å². The zero-order valence-corrected chi connectivity index (χ0v) is 15.7. The Labute approximate surface area is 165 Å². The van der Waals surface area contributed by atoms with Crippen LogP contribution in [0.4, 0.5) is 5.82 Å². The summed E-state index contributed by atoms with van der Waals surface area (Å²) in [7, 11) is 0. The highest BCUT2D eigenvalue weighted by Gasteiger charge is 2.34. The summed E-state index contributed by atoms with van der Waals surface area (Å²) in [5.41, 5.74) is 5.17. The molecule has 0 bridgehead atoms. The van der Waals surface area contributed by atoms with Crippen molar-refractivity contribution in [2.75, 3.05) is 11.4 Å². The van der Waals surface area contributed by atoms with Crippen LogP contribution < -0.4 is 4.90 Å². The largest absolute Gasteiger partial charge is 0.348 e. The van der Waals surface area contributed by atoms with Gasteiger partial charge in [-0.05, 0) is 24.6 Å². The number of halogens is 1. The van der Waals surface area contributed by atoms with Gasteiger partial charge in [-0.25, -0.2) is 19.5 Å². The van der Waals surface area contributed by atoms with Gasteiger partial charge in [-0.15, -0.1) is 0 Å². The Morgan fingerprint density at radius 1 is 1.36 bits per heavy atom. The number of aryl methyl sites for hydroxylation is 1. The van der Waals surface area contributed by atoms with E-state index in [4.69, 9.17) is 22.0 Å². The molecule has 0 radical (unpaired) electrons. The van der Waals surface area contributed by atoms with Crippen molar-refractivity contribution in [3.8, 4) is 6.07 Å². The predicted molar refractivity (Wildman–Crippen MR) is 103 cm³/mol. The second kappa shape index (κ2) is 6.32. The van der Waals surface area contributed by atoms with Gasteiger partial charge >= 0.3 is 0 Å². The Bertz CT molecular complexity index is 1230. The minimum Gasteiger partial charge on any atom is -0.348 e. The highest BCUT2D eigenvalue weighted by Crippen LogP contribution is 2.36. The second-order valence-electron chi connectivity index (χ2n) is 6.68. The normalized spacial score (nSPS) is 16.2. The van der Waals surface area contributed by atoms with Crippen molar-refractivity contribution in [3.63, 3.8) is 0 Å². The zero-order chi connectivity index (χ0) is 19.3. The monoisotopic (exact) mass is 390 g/mol. The van der Waals surface area contributed by atoms with Crippen LogP contribution in [0.1, 0.15) is 34.4 Å². The zero-order valence-electron chi connectivity index (χ0n) is 15.0. The van der Waals surface area contributed by atoms with E-state index in [9.17, 15) is 0 Å². The minimum absolute atomic E-state index is 0.0948. The number of pyridine rings is 1. The Morgan fingerprint density at radius 2 is 2.25 bits per heavy atom. The standard InChI is InChI=1S/C19H15ClN8/c1-11-3-2-5-28-15(11)7-13(26-28)18-17-12(23-10-24-17)4-6-27(18)16-9-22-14(8-21)19(20)25-16/h2-3,5,7,9-10,18H,4,6H2,1H3,(H,23,24)/t18-/m0/s1. The van der Waals surface area contributed by atoms with E-state index in [-0.39, 0.29) is 16.9 Å².